The molecule has 5 heteroatoms. The lowest BCUT2D eigenvalue weighted by atomic mass is 9.99. The van der Waals surface area contributed by atoms with E-state index in [0.29, 0.717) is 19.7 Å². The number of hydrogen-bond donors (Lipinski definition) is 0. The Bertz CT molecular complexity index is 249. The summed E-state index contributed by atoms with van der Waals surface area (Å²) < 4.78 is 5.69. The maximum absolute atomic E-state index is 12.0. The first kappa shape index (κ1) is 9.99. The van der Waals surface area contributed by atoms with E-state index in [1.165, 1.54) is 4.81 Å². The molecular formula is C9H15BN2O2. The van der Waals surface area contributed by atoms with Gasteiger partial charge < -0.3 is 14.4 Å². The van der Waals surface area contributed by atoms with Crippen LogP contribution in [0.2, 0.25) is 0 Å². The first-order chi connectivity index (χ1) is 6.64. The van der Waals surface area contributed by atoms with Gasteiger partial charge in [0.05, 0.1) is 0 Å². The van der Waals surface area contributed by atoms with Crippen molar-refractivity contribution in [3.63, 3.8) is 0 Å². The SMILES string of the molecule is [B]N1CCCOC2(CCN(C)C2)C1=O. The van der Waals surface area contributed by atoms with Gasteiger partial charge in [0.1, 0.15) is 0 Å². The number of nitrogens with zero attached hydrogens (tertiary/aromatic N) is 2. The molecule has 14 heavy (non-hydrogen) atoms. The lowest BCUT2D eigenvalue weighted by molar-refractivity contribution is -0.148. The quantitative estimate of drug-likeness (QED) is 0.482. The molecule has 2 radical (unpaired) electrons. The minimum Gasteiger partial charge on any atom is -0.394 e. The molecule has 1 spiro atoms. The number of rotatable bonds is 0. The molecule has 0 aromatic heterocycles. The molecule has 1 atom stereocenters. The molecule has 0 saturated carbocycles. The van der Waals surface area contributed by atoms with Crippen molar-refractivity contribution in [1.82, 2.24) is 9.71 Å². The van der Waals surface area contributed by atoms with Crippen LogP contribution in [0.15, 0.2) is 0 Å². The van der Waals surface area contributed by atoms with Gasteiger partial charge in [-0.2, -0.15) is 0 Å². The fraction of sp³-hybridized carbons (Fsp3) is 0.889. The molecule has 0 aromatic carbocycles. The Morgan fingerprint density at radius 2 is 2.29 bits per heavy atom. The van der Waals surface area contributed by atoms with E-state index in [-0.39, 0.29) is 5.91 Å². The number of hydrogen-bond acceptors (Lipinski definition) is 3. The number of likely N-dealkylation sites (tertiary alicyclic amines) is 1. The van der Waals surface area contributed by atoms with Gasteiger partial charge in [-0.15, -0.1) is 0 Å². The molecule has 2 aliphatic rings. The fourth-order valence-corrected chi connectivity index (χ4v) is 2.19. The van der Waals surface area contributed by atoms with E-state index in [0.717, 1.165) is 19.4 Å². The zero-order valence-electron chi connectivity index (χ0n) is 8.53. The molecule has 2 saturated heterocycles. The summed E-state index contributed by atoms with van der Waals surface area (Å²) in [7, 11) is 7.66. The lowest BCUT2D eigenvalue weighted by Crippen LogP contribution is -2.49. The van der Waals surface area contributed by atoms with Gasteiger partial charge in [0.2, 0.25) is 13.9 Å². The molecule has 4 nitrogen and oxygen atoms in total. The van der Waals surface area contributed by atoms with Gasteiger partial charge in [-0.05, 0) is 19.9 Å². The molecule has 0 aliphatic carbocycles. The Labute approximate surface area is 85.6 Å². The first-order valence-electron chi connectivity index (χ1n) is 5.03. The normalized spacial score (nSPS) is 35.2. The highest BCUT2D eigenvalue weighted by molar-refractivity contribution is 6.16. The van der Waals surface area contributed by atoms with E-state index in [1.807, 2.05) is 7.05 Å². The van der Waals surface area contributed by atoms with Crippen molar-refractivity contribution in [3.8, 4) is 0 Å². The van der Waals surface area contributed by atoms with Gasteiger partial charge in [0.15, 0.2) is 5.60 Å². The fourth-order valence-electron chi connectivity index (χ4n) is 2.19. The topological polar surface area (TPSA) is 32.8 Å². The molecular weight excluding hydrogens is 179 g/mol. The van der Waals surface area contributed by atoms with Crippen LogP contribution >= 0.6 is 0 Å². The Balaban J connectivity index is 2.19. The largest absolute Gasteiger partial charge is 0.394 e. The summed E-state index contributed by atoms with van der Waals surface area (Å²) in [6.45, 7) is 2.80. The van der Waals surface area contributed by atoms with E-state index < -0.39 is 5.60 Å². The van der Waals surface area contributed by atoms with Gasteiger partial charge in [0.25, 0.3) is 0 Å². The summed E-state index contributed by atoms with van der Waals surface area (Å²) in [6, 6.07) is 0. The van der Waals surface area contributed by atoms with Crippen molar-refractivity contribution in [2.24, 2.45) is 0 Å². The smallest absolute Gasteiger partial charge is 0.243 e. The molecule has 2 rings (SSSR count). The predicted molar refractivity (Wildman–Crippen MR) is 52.9 cm³/mol. The second-order valence-corrected chi connectivity index (χ2v) is 4.18. The van der Waals surface area contributed by atoms with Crippen LogP contribution in [0.3, 0.4) is 0 Å². The first-order valence-corrected chi connectivity index (χ1v) is 5.03. The number of carbonyl (C=O) groups is 1. The van der Waals surface area contributed by atoms with Crippen molar-refractivity contribution in [3.05, 3.63) is 0 Å². The highest BCUT2D eigenvalue weighted by atomic mass is 16.5. The van der Waals surface area contributed by atoms with Crippen LogP contribution in [-0.4, -0.2) is 62.5 Å². The number of carbonyl (C=O) groups excluding carboxylic acids is 1. The highest BCUT2D eigenvalue weighted by Gasteiger charge is 2.46. The highest BCUT2D eigenvalue weighted by Crippen LogP contribution is 2.28. The molecule has 0 aromatic rings. The Morgan fingerprint density at radius 3 is 2.93 bits per heavy atom. The van der Waals surface area contributed by atoms with Crippen molar-refractivity contribution >= 4 is 13.9 Å². The molecule has 2 heterocycles. The third kappa shape index (κ3) is 1.55. The second-order valence-electron chi connectivity index (χ2n) is 4.18. The summed E-state index contributed by atoms with van der Waals surface area (Å²) in [5, 5.41) is 0. The minimum atomic E-state index is -0.653. The van der Waals surface area contributed by atoms with Crippen molar-refractivity contribution < 1.29 is 9.53 Å². The summed E-state index contributed by atoms with van der Waals surface area (Å²) >= 11 is 0. The van der Waals surface area contributed by atoms with E-state index >= 15 is 0 Å². The van der Waals surface area contributed by atoms with Gasteiger partial charge in [-0.1, -0.05) is 0 Å². The third-order valence-electron chi connectivity index (χ3n) is 3.00. The van der Waals surface area contributed by atoms with Crippen LogP contribution in [0, 0.1) is 0 Å². The third-order valence-corrected chi connectivity index (χ3v) is 3.00. The van der Waals surface area contributed by atoms with E-state index in [9.17, 15) is 4.79 Å². The maximum Gasteiger partial charge on any atom is 0.243 e. The standard InChI is InChI=1S/C9H15BN2O2/c1-11-5-3-9(7-11)8(13)12(10)4-2-6-14-9/h2-7H2,1H3. The minimum absolute atomic E-state index is 0.0562. The predicted octanol–water partition coefficient (Wildman–Crippen LogP) is -0.607. The average molecular weight is 194 g/mol. The average Bonchev–Trinajstić information content (AvgIpc) is 2.48. The zero-order chi connectivity index (χ0) is 10.2. The van der Waals surface area contributed by atoms with Gasteiger partial charge in [-0.25, -0.2) is 0 Å². The number of amides is 1. The van der Waals surface area contributed by atoms with Gasteiger partial charge >= 0.3 is 0 Å². The summed E-state index contributed by atoms with van der Waals surface area (Å²) in [5.41, 5.74) is -0.653. The van der Waals surface area contributed by atoms with Crippen LogP contribution < -0.4 is 0 Å². The number of likely N-dealkylation sites (N-methyl/N-ethyl adjacent to an activating group) is 1. The summed E-state index contributed by atoms with van der Waals surface area (Å²) in [6.07, 6.45) is 1.59. The molecule has 0 bridgehead atoms. The maximum atomic E-state index is 12.0. The van der Waals surface area contributed by atoms with Crippen molar-refractivity contribution in [1.29, 1.82) is 0 Å². The molecule has 76 valence electrons. The Morgan fingerprint density at radius 1 is 1.50 bits per heavy atom. The Kier molecular flexibility index (Phi) is 2.53. The molecule has 2 fully saturated rings. The van der Waals surface area contributed by atoms with E-state index in [2.05, 4.69) is 4.90 Å². The van der Waals surface area contributed by atoms with E-state index in [4.69, 9.17) is 12.7 Å². The second kappa shape index (κ2) is 3.55. The van der Waals surface area contributed by atoms with Crippen LogP contribution in [-0.2, 0) is 9.53 Å². The van der Waals surface area contributed by atoms with Crippen LogP contribution in [0.1, 0.15) is 12.8 Å². The van der Waals surface area contributed by atoms with E-state index in [1.54, 1.807) is 0 Å². The number of ether oxygens (including phenoxy) is 1. The molecule has 1 unspecified atom stereocenters. The molecule has 0 N–H and O–H groups in total. The van der Waals surface area contributed by atoms with Crippen LogP contribution in [0.5, 0.6) is 0 Å². The Hall–Kier alpha value is -0.545. The summed E-state index contributed by atoms with van der Waals surface area (Å²) in [4.78, 5) is 15.4. The van der Waals surface area contributed by atoms with Crippen LogP contribution in [0.25, 0.3) is 0 Å². The van der Waals surface area contributed by atoms with Gasteiger partial charge in [-0.3, -0.25) is 4.79 Å². The molecule has 2 aliphatic heterocycles. The lowest BCUT2D eigenvalue weighted by Gasteiger charge is -2.29. The van der Waals surface area contributed by atoms with Crippen LogP contribution in [0.4, 0.5) is 0 Å². The monoisotopic (exact) mass is 194 g/mol. The molecule has 1 amide bonds. The van der Waals surface area contributed by atoms with Crippen molar-refractivity contribution in [2.45, 2.75) is 18.4 Å². The van der Waals surface area contributed by atoms with Crippen molar-refractivity contribution in [2.75, 3.05) is 33.3 Å². The van der Waals surface area contributed by atoms with Gasteiger partial charge in [0, 0.05) is 26.2 Å². The zero-order valence-corrected chi connectivity index (χ0v) is 8.53. The summed E-state index contributed by atoms with van der Waals surface area (Å²) in [5.74, 6) is -0.0562.